The Morgan fingerprint density at radius 2 is 1.70 bits per heavy atom. The van der Waals surface area contributed by atoms with Gasteiger partial charge in [0, 0.05) is 13.1 Å². The number of benzene rings is 2. The van der Waals surface area contributed by atoms with Crippen LogP contribution in [0.4, 0.5) is 13.2 Å². The van der Waals surface area contributed by atoms with E-state index in [-0.39, 0.29) is 42.0 Å². The van der Waals surface area contributed by atoms with Gasteiger partial charge in [0.2, 0.25) is 10.0 Å². The predicted molar refractivity (Wildman–Crippen MR) is 121 cm³/mol. The SMILES string of the molecule is CCNC(=NCc1cccc(S(=O)(=O)NC)c1)NCc1ccc(C(F)(F)F)cc1.I. The normalized spacial score (nSPS) is 12.2. The van der Waals surface area contributed by atoms with Crippen LogP contribution in [0.3, 0.4) is 0 Å². The van der Waals surface area contributed by atoms with Crippen molar-refractivity contribution in [2.45, 2.75) is 31.1 Å². The van der Waals surface area contributed by atoms with Gasteiger partial charge in [0.15, 0.2) is 5.96 Å². The maximum atomic E-state index is 12.6. The summed E-state index contributed by atoms with van der Waals surface area (Å²) in [6, 6.07) is 11.3. The second kappa shape index (κ2) is 11.5. The third kappa shape index (κ3) is 7.76. The van der Waals surface area contributed by atoms with Crippen LogP contribution in [0.25, 0.3) is 0 Å². The fourth-order valence-corrected chi connectivity index (χ4v) is 3.24. The zero-order valence-electron chi connectivity index (χ0n) is 16.5. The van der Waals surface area contributed by atoms with Gasteiger partial charge in [0.25, 0.3) is 0 Å². The molecule has 0 aliphatic rings. The van der Waals surface area contributed by atoms with Crippen LogP contribution in [0.15, 0.2) is 58.4 Å². The van der Waals surface area contributed by atoms with Crippen LogP contribution in [0, 0.1) is 0 Å². The maximum absolute atomic E-state index is 12.6. The van der Waals surface area contributed by atoms with Gasteiger partial charge in [-0.15, -0.1) is 24.0 Å². The molecule has 0 saturated carbocycles. The molecule has 166 valence electrons. The van der Waals surface area contributed by atoms with E-state index in [9.17, 15) is 21.6 Å². The number of rotatable bonds is 7. The van der Waals surface area contributed by atoms with Crippen LogP contribution in [0.5, 0.6) is 0 Å². The molecule has 30 heavy (non-hydrogen) atoms. The van der Waals surface area contributed by atoms with E-state index >= 15 is 0 Å². The summed E-state index contributed by atoms with van der Waals surface area (Å²) in [6.45, 7) is 3.00. The van der Waals surface area contributed by atoms with E-state index in [0.29, 0.717) is 23.6 Å². The number of sulfonamides is 1. The van der Waals surface area contributed by atoms with Gasteiger partial charge in [-0.25, -0.2) is 18.1 Å². The van der Waals surface area contributed by atoms with E-state index in [0.717, 1.165) is 12.1 Å². The van der Waals surface area contributed by atoms with Gasteiger partial charge in [-0.1, -0.05) is 24.3 Å². The lowest BCUT2D eigenvalue weighted by Crippen LogP contribution is -2.36. The van der Waals surface area contributed by atoms with Crippen LogP contribution in [-0.2, 0) is 29.3 Å². The van der Waals surface area contributed by atoms with Crippen molar-refractivity contribution in [3.63, 3.8) is 0 Å². The van der Waals surface area contributed by atoms with Gasteiger partial charge >= 0.3 is 6.18 Å². The van der Waals surface area contributed by atoms with Gasteiger partial charge in [-0.05, 0) is 49.4 Å². The summed E-state index contributed by atoms with van der Waals surface area (Å²) in [6.07, 6.45) is -4.36. The van der Waals surface area contributed by atoms with Crippen molar-refractivity contribution in [3.8, 4) is 0 Å². The van der Waals surface area contributed by atoms with Gasteiger partial charge in [0.1, 0.15) is 0 Å². The molecule has 0 amide bonds. The Labute approximate surface area is 191 Å². The van der Waals surface area contributed by atoms with E-state index in [4.69, 9.17) is 0 Å². The maximum Gasteiger partial charge on any atom is 0.416 e. The van der Waals surface area contributed by atoms with Crippen LogP contribution in [-0.4, -0.2) is 28.0 Å². The first-order chi connectivity index (χ1) is 13.7. The molecule has 2 aromatic rings. The Morgan fingerprint density at radius 3 is 2.27 bits per heavy atom. The van der Waals surface area contributed by atoms with Crippen LogP contribution in [0.1, 0.15) is 23.6 Å². The molecule has 0 fully saturated rings. The minimum Gasteiger partial charge on any atom is -0.357 e. The Bertz CT molecular complexity index is 949. The molecule has 0 spiro atoms. The molecule has 2 rings (SSSR count). The standard InChI is InChI=1S/C19H23F3N4O2S.HI/c1-3-24-18(25-12-14-7-9-16(10-8-14)19(20,21)22)26-13-15-5-4-6-17(11-15)29(27,28)23-2;/h4-11,23H,3,12-13H2,1-2H3,(H2,24,25,26);1H. The molecular formula is C19H24F3IN4O2S. The molecule has 0 unspecified atom stereocenters. The highest BCUT2D eigenvalue weighted by atomic mass is 127. The van der Waals surface area contributed by atoms with Crippen molar-refractivity contribution in [3.05, 3.63) is 65.2 Å². The molecule has 0 heterocycles. The van der Waals surface area contributed by atoms with Crippen molar-refractivity contribution >= 4 is 40.0 Å². The summed E-state index contributed by atoms with van der Waals surface area (Å²) >= 11 is 0. The number of alkyl halides is 3. The number of nitrogens with zero attached hydrogens (tertiary/aromatic N) is 1. The van der Waals surface area contributed by atoms with Crippen molar-refractivity contribution in [1.82, 2.24) is 15.4 Å². The van der Waals surface area contributed by atoms with Crippen molar-refractivity contribution in [2.75, 3.05) is 13.6 Å². The summed E-state index contributed by atoms with van der Waals surface area (Å²) in [5.74, 6) is 0.467. The molecule has 0 bridgehead atoms. The summed E-state index contributed by atoms with van der Waals surface area (Å²) in [5.41, 5.74) is 0.678. The molecule has 0 aliphatic carbocycles. The third-order valence-electron chi connectivity index (χ3n) is 3.98. The molecule has 0 radical (unpaired) electrons. The van der Waals surface area contributed by atoms with Gasteiger partial charge in [-0.2, -0.15) is 13.2 Å². The smallest absolute Gasteiger partial charge is 0.357 e. The third-order valence-corrected chi connectivity index (χ3v) is 5.39. The second-order valence-corrected chi connectivity index (χ2v) is 7.98. The molecule has 11 heteroatoms. The lowest BCUT2D eigenvalue weighted by atomic mass is 10.1. The summed E-state index contributed by atoms with van der Waals surface area (Å²) in [7, 11) is -2.20. The Kier molecular flexibility index (Phi) is 10.0. The molecule has 3 N–H and O–H groups in total. The molecule has 0 aromatic heterocycles. The first kappa shape index (κ1) is 26.2. The number of hydrogen-bond acceptors (Lipinski definition) is 3. The lowest BCUT2D eigenvalue weighted by Gasteiger charge is -2.12. The number of hydrogen-bond donors (Lipinski definition) is 3. The van der Waals surface area contributed by atoms with Crippen LogP contribution < -0.4 is 15.4 Å². The molecule has 6 nitrogen and oxygen atoms in total. The fraction of sp³-hybridized carbons (Fsp3) is 0.316. The zero-order valence-corrected chi connectivity index (χ0v) is 19.6. The van der Waals surface area contributed by atoms with E-state index in [1.165, 1.54) is 31.3 Å². The Balaban J connectivity index is 0.00000450. The molecule has 0 aliphatic heterocycles. The van der Waals surface area contributed by atoms with Crippen molar-refractivity contribution in [2.24, 2.45) is 4.99 Å². The quantitative estimate of drug-likeness (QED) is 0.277. The molecule has 2 aromatic carbocycles. The first-order valence-corrected chi connectivity index (χ1v) is 10.3. The Hall–Kier alpha value is -1.86. The fourth-order valence-electron chi connectivity index (χ4n) is 2.44. The van der Waals surface area contributed by atoms with E-state index in [1.54, 1.807) is 12.1 Å². The van der Waals surface area contributed by atoms with Gasteiger partial charge in [-0.3, -0.25) is 0 Å². The van der Waals surface area contributed by atoms with Gasteiger partial charge < -0.3 is 10.6 Å². The molecule has 0 atom stereocenters. The summed E-state index contributed by atoms with van der Waals surface area (Å²) in [5, 5.41) is 6.09. The van der Waals surface area contributed by atoms with Crippen LogP contribution >= 0.6 is 24.0 Å². The first-order valence-electron chi connectivity index (χ1n) is 8.86. The highest BCUT2D eigenvalue weighted by Gasteiger charge is 2.29. The lowest BCUT2D eigenvalue weighted by molar-refractivity contribution is -0.137. The second-order valence-electron chi connectivity index (χ2n) is 6.10. The van der Waals surface area contributed by atoms with Gasteiger partial charge in [0.05, 0.1) is 17.0 Å². The molecule has 0 saturated heterocycles. The van der Waals surface area contributed by atoms with E-state index in [1.807, 2.05) is 6.92 Å². The Morgan fingerprint density at radius 1 is 1.03 bits per heavy atom. The average Bonchev–Trinajstić information content (AvgIpc) is 2.70. The minimum atomic E-state index is -4.36. The average molecular weight is 556 g/mol. The predicted octanol–water partition coefficient (Wildman–Crippen LogP) is 3.49. The van der Waals surface area contributed by atoms with Crippen LogP contribution in [0.2, 0.25) is 0 Å². The summed E-state index contributed by atoms with van der Waals surface area (Å²) < 4.78 is 64.0. The van der Waals surface area contributed by atoms with E-state index in [2.05, 4.69) is 20.3 Å². The summed E-state index contributed by atoms with van der Waals surface area (Å²) in [4.78, 5) is 4.55. The highest BCUT2D eigenvalue weighted by molar-refractivity contribution is 14.0. The number of guanidine groups is 1. The van der Waals surface area contributed by atoms with E-state index < -0.39 is 21.8 Å². The number of halogens is 4. The van der Waals surface area contributed by atoms with Crippen molar-refractivity contribution < 1.29 is 21.6 Å². The largest absolute Gasteiger partial charge is 0.416 e. The topological polar surface area (TPSA) is 82.6 Å². The highest BCUT2D eigenvalue weighted by Crippen LogP contribution is 2.29. The van der Waals surface area contributed by atoms with Crippen molar-refractivity contribution in [1.29, 1.82) is 0 Å². The minimum absolute atomic E-state index is 0. The zero-order chi connectivity index (χ0) is 21.5. The molecular weight excluding hydrogens is 532 g/mol. The number of aliphatic imine (C=N–C) groups is 1. The monoisotopic (exact) mass is 556 g/mol. The number of nitrogens with one attached hydrogen (secondary N) is 3.